The summed E-state index contributed by atoms with van der Waals surface area (Å²) < 4.78 is 5.71. The Kier molecular flexibility index (Phi) is 5.97. The van der Waals surface area contributed by atoms with Gasteiger partial charge in [-0.3, -0.25) is 0 Å². The molecule has 4 unspecified atom stereocenters. The highest BCUT2D eigenvalue weighted by atomic mass is 16.5. The molecule has 1 saturated heterocycles. The normalized spacial score (nSPS) is 34.7. The first-order chi connectivity index (χ1) is 8.79. The highest BCUT2D eigenvalue weighted by molar-refractivity contribution is 4.81. The summed E-state index contributed by atoms with van der Waals surface area (Å²) in [5.41, 5.74) is 0. The highest BCUT2D eigenvalue weighted by Gasteiger charge is 2.25. The smallest absolute Gasteiger partial charge is 0.0576 e. The highest BCUT2D eigenvalue weighted by Crippen LogP contribution is 2.32. The monoisotopic (exact) mass is 253 g/mol. The Morgan fingerprint density at radius 1 is 1.22 bits per heavy atom. The van der Waals surface area contributed by atoms with Gasteiger partial charge in [-0.1, -0.05) is 19.8 Å². The lowest BCUT2D eigenvalue weighted by molar-refractivity contribution is 0.0996. The molecule has 1 saturated carbocycles. The van der Waals surface area contributed by atoms with Gasteiger partial charge in [0.2, 0.25) is 0 Å². The fourth-order valence-corrected chi connectivity index (χ4v) is 3.90. The molecule has 0 bridgehead atoms. The molecule has 1 heterocycles. The van der Waals surface area contributed by atoms with E-state index < -0.39 is 0 Å². The zero-order valence-electron chi connectivity index (χ0n) is 12.3. The maximum atomic E-state index is 5.71. The van der Waals surface area contributed by atoms with Crippen LogP contribution in [0, 0.1) is 11.8 Å². The molecule has 4 atom stereocenters. The maximum Gasteiger partial charge on any atom is 0.0576 e. The molecule has 2 rings (SSSR count). The number of ether oxygens (including phenoxy) is 1. The van der Waals surface area contributed by atoms with Crippen molar-refractivity contribution in [1.82, 2.24) is 5.32 Å². The fourth-order valence-electron chi connectivity index (χ4n) is 3.90. The van der Waals surface area contributed by atoms with Crippen LogP contribution in [-0.4, -0.2) is 25.8 Å². The van der Waals surface area contributed by atoms with Crippen LogP contribution in [0.5, 0.6) is 0 Å². The van der Waals surface area contributed by atoms with Crippen LogP contribution in [0.15, 0.2) is 0 Å². The van der Waals surface area contributed by atoms with Crippen molar-refractivity contribution in [1.29, 1.82) is 0 Å². The summed E-state index contributed by atoms with van der Waals surface area (Å²) in [6.45, 7) is 3.42. The molecule has 0 aromatic carbocycles. The van der Waals surface area contributed by atoms with Crippen LogP contribution in [-0.2, 0) is 4.74 Å². The van der Waals surface area contributed by atoms with E-state index in [0.29, 0.717) is 6.10 Å². The SMILES string of the molecule is CNC(CCCC1CCCO1)C1CCCC(C)C1. The Balaban J connectivity index is 1.67. The van der Waals surface area contributed by atoms with E-state index in [2.05, 4.69) is 19.3 Å². The molecule has 1 aliphatic heterocycles. The molecule has 1 N–H and O–H groups in total. The Hall–Kier alpha value is -0.0800. The van der Waals surface area contributed by atoms with Gasteiger partial charge in [0.1, 0.15) is 0 Å². The van der Waals surface area contributed by atoms with Crippen molar-refractivity contribution < 1.29 is 4.74 Å². The summed E-state index contributed by atoms with van der Waals surface area (Å²) in [6.07, 6.45) is 12.9. The number of hydrogen-bond acceptors (Lipinski definition) is 2. The maximum absolute atomic E-state index is 5.71. The lowest BCUT2D eigenvalue weighted by Crippen LogP contribution is -2.36. The number of hydrogen-bond donors (Lipinski definition) is 1. The van der Waals surface area contributed by atoms with Crippen LogP contribution in [0.4, 0.5) is 0 Å². The molecule has 0 aromatic rings. The summed E-state index contributed by atoms with van der Waals surface area (Å²) in [7, 11) is 2.15. The quantitative estimate of drug-likeness (QED) is 0.778. The van der Waals surface area contributed by atoms with Crippen molar-refractivity contribution in [2.75, 3.05) is 13.7 Å². The molecule has 2 heteroatoms. The van der Waals surface area contributed by atoms with Crippen LogP contribution in [0.25, 0.3) is 0 Å². The van der Waals surface area contributed by atoms with Gasteiger partial charge in [-0.05, 0) is 63.8 Å². The van der Waals surface area contributed by atoms with E-state index in [9.17, 15) is 0 Å². The second-order valence-corrected chi connectivity index (χ2v) is 6.49. The van der Waals surface area contributed by atoms with Crippen molar-refractivity contribution in [3.63, 3.8) is 0 Å². The lowest BCUT2D eigenvalue weighted by atomic mass is 9.77. The van der Waals surface area contributed by atoms with Crippen LogP contribution in [0.2, 0.25) is 0 Å². The topological polar surface area (TPSA) is 21.3 Å². The third kappa shape index (κ3) is 4.24. The summed E-state index contributed by atoms with van der Waals surface area (Å²) >= 11 is 0. The van der Waals surface area contributed by atoms with E-state index in [4.69, 9.17) is 4.74 Å². The van der Waals surface area contributed by atoms with Gasteiger partial charge in [0, 0.05) is 12.6 Å². The van der Waals surface area contributed by atoms with E-state index >= 15 is 0 Å². The summed E-state index contributed by atoms with van der Waals surface area (Å²) in [4.78, 5) is 0. The predicted molar refractivity (Wildman–Crippen MR) is 76.8 cm³/mol. The average molecular weight is 253 g/mol. The number of nitrogens with one attached hydrogen (secondary N) is 1. The van der Waals surface area contributed by atoms with E-state index in [1.165, 1.54) is 57.8 Å². The minimum atomic E-state index is 0.577. The molecular weight excluding hydrogens is 222 g/mol. The van der Waals surface area contributed by atoms with Crippen molar-refractivity contribution in [3.05, 3.63) is 0 Å². The molecule has 106 valence electrons. The Bertz CT molecular complexity index is 225. The Morgan fingerprint density at radius 3 is 2.78 bits per heavy atom. The minimum absolute atomic E-state index is 0.577. The first-order valence-electron chi connectivity index (χ1n) is 8.08. The molecule has 0 radical (unpaired) electrons. The lowest BCUT2D eigenvalue weighted by Gasteiger charge is -2.33. The molecule has 2 aliphatic rings. The van der Waals surface area contributed by atoms with Crippen LogP contribution in [0.3, 0.4) is 0 Å². The van der Waals surface area contributed by atoms with Gasteiger partial charge < -0.3 is 10.1 Å². The van der Waals surface area contributed by atoms with E-state index in [-0.39, 0.29) is 0 Å². The first-order valence-corrected chi connectivity index (χ1v) is 8.08. The van der Waals surface area contributed by atoms with E-state index in [0.717, 1.165) is 24.5 Å². The summed E-state index contributed by atoms with van der Waals surface area (Å²) in [5, 5.41) is 3.58. The molecular formula is C16H31NO. The average Bonchev–Trinajstić information content (AvgIpc) is 2.88. The summed E-state index contributed by atoms with van der Waals surface area (Å²) in [6, 6.07) is 0.745. The van der Waals surface area contributed by atoms with Crippen molar-refractivity contribution in [2.24, 2.45) is 11.8 Å². The minimum Gasteiger partial charge on any atom is -0.378 e. The van der Waals surface area contributed by atoms with Crippen molar-refractivity contribution in [3.8, 4) is 0 Å². The molecule has 18 heavy (non-hydrogen) atoms. The molecule has 1 aliphatic carbocycles. The van der Waals surface area contributed by atoms with E-state index in [1.807, 2.05) is 0 Å². The van der Waals surface area contributed by atoms with Gasteiger partial charge in [-0.2, -0.15) is 0 Å². The first kappa shape index (κ1) is 14.3. The van der Waals surface area contributed by atoms with Crippen LogP contribution >= 0.6 is 0 Å². The molecule has 2 nitrogen and oxygen atoms in total. The largest absolute Gasteiger partial charge is 0.378 e. The molecule has 0 spiro atoms. The summed E-state index contributed by atoms with van der Waals surface area (Å²) in [5.74, 6) is 1.86. The number of rotatable bonds is 6. The Morgan fingerprint density at radius 2 is 2.11 bits per heavy atom. The van der Waals surface area contributed by atoms with Gasteiger partial charge in [-0.15, -0.1) is 0 Å². The van der Waals surface area contributed by atoms with Gasteiger partial charge in [0.25, 0.3) is 0 Å². The fraction of sp³-hybridized carbons (Fsp3) is 1.00. The van der Waals surface area contributed by atoms with Gasteiger partial charge in [-0.25, -0.2) is 0 Å². The zero-order chi connectivity index (χ0) is 12.8. The van der Waals surface area contributed by atoms with Gasteiger partial charge in [0.15, 0.2) is 0 Å². The van der Waals surface area contributed by atoms with Crippen LogP contribution < -0.4 is 5.32 Å². The van der Waals surface area contributed by atoms with Crippen LogP contribution in [0.1, 0.15) is 64.7 Å². The third-order valence-corrected chi connectivity index (χ3v) is 4.98. The standard InChI is InChI=1S/C16H31NO/c1-13-6-3-7-14(12-13)16(17-2)10-4-8-15-9-5-11-18-15/h13-17H,3-12H2,1-2H3. The zero-order valence-corrected chi connectivity index (χ0v) is 12.3. The third-order valence-electron chi connectivity index (χ3n) is 4.98. The van der Waals surface area contributed by atoms with Gasteiger partial charge >= 0.3 is 0 Å². The molecule has 2 fully saturated rings. The Labute approximate surface area is 113 Å². The predicted octanol–water partition coefficient (Wildman–Crippen LogP) is 3.75. The van der Waals surface area contributed by atoms with Crippen molar-refractivity contribution >= 4 is 0 Å². The second kappa shape index (κ2) is 7.49. The molecule has 0 amide bonds. The second-order valence-electron chi connectivity index (χ2n) is 6.49. The van der Waals surface area contributed by atoms with Gasteiger partial charge in [0.05, 0.1) is 6.10 Å². The van der Waals surface area contributed by atoms with E-state index in [1.54, 1.807) is 0 Å². The molecule has 0 aromatic heterocycles. The van der Waals surface area contributed by atoms with Crippen molar-refractivity contribution in [2.45, 2.75) is 76.9 Å².